The van der Waals surface area contributed by atoms with Gasteiger partial charge in [0.2, 0.25) is 0 Å². The standard InChI is InChI=1S/C13H12Cl2OS/c1-8-3-6-12(17-8)13(15)9-4-5-11(16-2)10(14)7-9/h3-7,13H,1-2H3. The van der Waals surface area contributed by atoms with Crippen molar-refractivity contribution in [1.82, 2.24) is 0 Å². The van der Waals surface area contributed by atoms with Gasteiger partial charge in [-0.3, -0.25) is 0 Å². The van der Waals surface area contributed by atoms with Crippen LogP contribution in [0.1, 0.15) is 20.7 Å². The Balaban J connectivity index is 2.31. The monoisotopic (exact) mass is 286 g/mol. The molecule has 0 spiro atoms. The fourth-order valence-electron chi connectivity index (χ4n) is 1.59. The van der Waals surface area contributed by atoms with Gasteiger partial charge in [-0.25, -0.2) is 0 Å². The molecule has 0 amide bonds. The molecule has 0 radical (unpaired) electrons. The van der Waals surface area contributed by atoms with Gasteiger partial charge in [0.1, 0.15) is 5.75 Å². The van der Waals surface area contributed by atoms with Crippen LogP contribution in [0, 0.1) is 6.92 Å². The number of alkyl halides is 1. The molecule has 1 atom stereocenters. The van der Waals surface area contributed by atoms with Crippen LogP contribution in [0.15, 0.2) is 30.3 Å². The van der Waals surface area contributed by atoms with Crippen LogP contribution in [0.4, 0.5) is 0 Å². The summed E-state index contributed by atoms with van der Waals surface area (Å²) in [5, 5.41) is 0.432. The molecule has 90 valence electrons. The summed E-state index contributed by atoms with van der Waals surface area (Å²) in [5.74, 6) is 0.668. The molecular formula is C13H12Cl2OS. The van der Waals surface area contributed by atoms with Gasteiger partial charge in [-0.1, -0.05) is 17.7 Å². The van der Waals surface area contributed by atoms with Crippen molar-refractivity contribution in [2.75, 3.05) is 7.11 Å². The summed E-state index contributed by atoms with van der Waals surface area (Å²) in [6.45, 7) is 2.07. The molecule has 0 N–H and O–H groups in total. The first-order chi connectivity index (χ1) is 8.11. The van der Waals surface area contributed by atoms with Gasteiger partial charge in [0.15, 0.2) is 0 Å². The Labute approximate surface area is 115 Å². The maximum atomic E-state index is 6.42. The summed E-state index contributed by atoms with van der Waals surface area (Å²) >= 11 is 14.2. The second-order valence-corrected chi connectivity index (χ2v) is 5.87. The van der Waals surface area contributed by atoms with Gasteiger partial charge in [-0.05, 0) is 36.8 Å². The van der Waals surface area contributed by atoms with Crippen LogP contribution in [0.2, 0.25) is 5.02 Å². The third kappa shape index (κ3) is 2.76. The highest BCUT2D eigenvalue weighted by Crippen LogP contribution is 2.36. The Kier molecular flexibility index (Phi) is 3.97. The van der Waals surface area contributed by atoms with E-state index in [4.69, 9.17) is 27.9 Å². The van der Waals surface area contributed by atoms with E-state index in [9.17, 15) is 0 Å². The highest BCUT2D eigenvalue weighted by molar-refractivity contribution is 7.12. The smallest absolute Gasteiger partial charge is 0.137 e. The molecule has 0 aliphatic heterocycles. The highest BCUT2D eigenvalue weighted by atomic mass is 35.5. The average Bonchev–Trinajstić information content (AvgIpc) is 2.75. The lowest BCUT2D eigenvalue weighted by Gasteiger charge is -2.10. The van der Waals surface area contributed by atoms with E-state index < -0.39 is 0 Å². The van der Waals surface area contributed by atoms with Gasteiger partial charge in [-0.2, -0.15) is 0 Å². The minimum absolute atomic E-state index is 0.155. The number of benzene rings is 1. The third-order valence-corrected chi connectivity index (χ3v) is 4.46. The van der Waals surface area contributed by atoms with E-state index in [1.54, 1.807) is 18.4 Å². The molecule has 1 nitrogen and oxygen atoms in total. The molecule has 0 saturated carbocycles. The van der Waals surface area contributed by atoms with Crippen LogP contribution in [0.25, 0.3) is 0 Å². The molecule has 1 unspecified atom stereocenters. The Hall–Kier alpha value is -0.700. The molecule has 0 fully saturated rings. The maximum absolute atomic E-state index is 6.42. The first kappa shape index (κ1) is 12.7. The Morgan fingerprint density at radius 1 is 1.24 bits per heavy atom. The number of rotatable bonds is 3. The third-order valence-electron chi connectivity index (χ3n) is 2.48. The van der Waals surface area contributed by atoms with Gasteiger partial charge in [0.25, 0.3) is 0 Å². The molecule has 1 aromatic carbocycles. The average molecular weight is 287 g/mol. The summed E-state index contributed by atoms with van der Waals surface area (Å²) in [5.41, 5.74) is 0.985. The van der Waals surface area contributed by atoms with E-state index >= 15 is 0 Å². The Morgan fingerprint density at radius 3 is 2.53 bits per heavy atom. The van der Waals surface area contributed by atoms with Crippen molar-refractivity contribution in [3.8, 4) is 5.75 Å². The molecule has 0 bridgehead atoms. The topological polar surface area (TPSA) is 9.23 Å². The number of methoxy groups -OCH3 is 1. The molecule has 4 heteroatoms. The summed E-state index contributed by atoms with van der Waals surface area (Å²) in [6.07, 6.45) is 0. The predicted octanol–water partition coefficient (Wildman–Crippen LogP) is 5.05. The summed E-state index contributed by atoms with van der Waals surface area (Å²) < 4.78 is 5.12. The number of hydrogen-bond acceptors (Lipinski definition) is 2. The maximum Gasteiger partial charge on any atom is 0.137 e. The zero-order valence-corrected chi connectivity index (χ0v) is 11.9. The number of aryl methyl sites for hydroxylation is 1. The minimum atomic E-state index is -0.155. The second-order valence-electron chi connectivity index (χ2n) is 3.70. The predicted molar refractivity (Wildman–Crippen MR) is 74.8 cm³/mol. The van der Waals surface area contributed by atoms with Crippen molar-refractivity contribution < 1.29 is 4.74 Å². The molecule has 2 aromatic rings. The zero-order chi connectivity index (χ0) is 12.4. The largest absolute Gasteiger partial charge is 0.495 e. The van der Waals surface area contributed by atoms with Crippen molar-refractivity contribution in [3.63, 3.8) is 0 Å². The number of ether oxygens (including phenoxy) is 1. The Morgan fingerprint density at radius 2 is 2.00 bits per heavy atom. The SMILES string of the molecule is COc1ccc(C(Cl)c2ccc(C)s2)cc1Cl. The fourth-order valence-corrected chi connectivity index (χ4v) is 3.09. The lowest BCUT2D eigenvalue weighted by atomic mass is 10.1. The van der Waals surface area contributed by atoms with Gasteiger partial charge in [0.05, 0.1) is 17.5 Å². The van der Waals surface area contributed by atoms with Crippen molar-refractivity contribution in [3.05, 3.63) is 50.7 Å². The van der Waals surface area contributed by atoms with Crippen molar-refractivity contribution in [1.29, 1.82) is 0 Å². The van der Waals surface area contributed by atoms with E-state index in [1.807, 2.05) is 18.2 Å². The van der Waals surface area contributed by atoms with E-state index in [1.165, 1.54) is 4.88 Å². The highest BCUT2D eigenvalue weighted by Gasteiger charge is 2.14. The molecule has 1 heterocycles. The summed E-state index contributed by atoms with van der Waals surface area (Å²) in [7, 11) is 1.60. The van der Waals surface area contributed by atoms with Gasteiger partial charge in [0, 0.05) is 9.75 Å². The van der Waals surface area contributed by atoms with Crippen LogP contribution in [0.5, 0.6) is 5.75 Å². The molecule has 0 aliphatic rings. The Bertz CT molecular complexity index is 522. The van der Waals surface area contributed by atoms with Crippen LogP contribution < -0.4 is 4.74 Å². The van der Waals surface area contributed by atoms with Gasteiger partial charge in [-0.15, -0.1) is 22.9 Å². The second kappa shape index (κ2) is 5.30. The van der Waals surface area contributed by atoms with E-state index in [2.05, 4.69) is 19.1 Å². The zero-order valence-electron chi connectivity index (χ0n) is 9.54. The summed E-state index contributed by atoms with van der Waals surface area (Å²) in [4.78, 5) is 2.38. The lowest BCUT2D eigenvalue weighted by molar-refractivity contribution is 0.415. The number of halogens is 2. The van der Waals surface area contributed by atoms with Crippen LogP contribution in [-0.4, -0.2) is 7.11 Å². The normalized spacial score (nSPS) is 12.5. The molecular weight excluding hydrogens is 275 g/mol. The van der Waals surface area contributed by atoms with E-state index in [0.717, 1.165) is 10.4 Å². The minimum Gasteiger partial charge on any atom is -0.495 e. The molecule has 17 heavy (non-hydrogen) atoms. The molecule has 2 rings (SSSR count). The fraction of sp³-hybridized carbons (Fsp3) is 0.231. The first-order valence-corrected chi connectivity index (χ1v) is 6.78. The van der Waals surface area contributed by atoms with E-state index in [-0.39, 0.29) is 5.38 Å². The van der Waals surface area contributed by atoms with E-state index in [0.29, 0.717) is 10.8 Å². The van der Waals surface area contributed by atoms with Crippen molar-refractivity contribution in [2.24, 2.45) is 0 Å². The molecule has 0 saturated heterocycles. The summed E-state index contributed by atoms with van der Waals surface area (Å²) in [6, 6.07) is 9.76. The number of hydrogen-bond donors (Lipinski definition) is 0. The molecule has 1 aromatic heterocycles. The van der Waals surface area contributed by atoms with Crippen molar-refractivity contribution >= 4 is 34.5 Å². The van der Waals surface area contributed by atoms with Crippen LogP contribution in [0.3, 0.4) is 0 Å². The van der Waals surface area contributed by atoms with Crippen LogP contribution >= 0.6 is 34.5 Å². The van der Waals surface area contributed by atoms with Gasteiger partial charge < -0.3 is 4.74 Å². The first-order valence-electron chi connectivity index (χ1n) is 5.15. The van der Waals surface area contributed by atoms with Crippen LogP contribution in [-0.2, 0) is 0 Å². The lowest BCUT2D eigenvalue weighted by Crippen LogP contribution is -1.91. The van der Waals surface area contributed by atoms with Gasteiger partial charge >= 0.3 is 0 Å². The quantitative estimate of drug-likeness (QED) is 0.718. The molecule has 0 aliphatic carbocycles. The number of thiophene rings is 1. The van der Waals surface area contributed by atoms with Crippen molar-refractivity contribution in [2.45, 2.75) is 12.3 Å².